The van der Waals surface area contributed by atoms with Gasteiger partial charge in [0.1, 0.15) is 0 Å². The van der Waals surface area contributed by atoms with Gasteiger partial charge in [-0.1, -0.05) is 48.5 Å². The largest absolute Gasteiger partial charge is 0.298 e. The molecule has 0 saturated heterocycles. The van der Waals surface area contributed by atoms with Crippen molar-refractivity contribution in [3.05, 3.63) is 59.7 Å². The second-order valence-corrected chi connectivity index (χ2v) is 5.22. The highest BCUT2D eigenvalue weighted by Gasteiger charge is 2.21. The first-order valence-corrected chi connectivity index (χ1v) is 6.44. The monoisotopic (exact) mass is 233 g/mol. The van der Waals surface area contributed by atoms with Gasteiger partial charge in [0.25, 0.3) is 0 Å². The summed E-state index contributed by atoms with van der Waals surface area (Å²) >= 11 is 0. The molecule has 1 heteroatoms. The van der Waals surface area contributed by atoms with E-state index in [2.05, 4.69) is 60.5 Å². The van der Waals surface area contributed by atoms with Gasteiger partial charge in [-0.3, -0.25) is 4.90 Å². The molecule has 1 heterocycles. The van der Waals surface area contributed by atoms with Crippen molar-refractivity contribution in [2.24, 2.45) is 0 Å². The fourth-order valence-corrected chi connectivity index (χ4v) is 3.24. The van der Waals surface area contributed by atoms with E-state index in [9.17, 15) is 0 Å². The van der Waals surface area contributed by atoms with Gasteiger partial charge >= 0.3 is 0 Å². The molecule has 4 rings (SSSR count). The van der Waals surface area contributed by atoms with Crippen LogP contribution in [0.5, 0.6) is 0 Å². The maximum absolute atomic E-state index is 2.39. The second kappa shape index (κ2) is 3.56. The summed E-state index contributed by atoms with van der Waals surface area (Å²) in [6, 6.07) is 17.6. The summed E-state index contributed by atoms with van der Waals surface area (Å²) in [6.07, 6.45) is 0. The zero-order chi connectivity index (χ0) is 12.1. The molecule has 0 saturated carbocycles. The molecule has 88 valence electrons. The summed E-state index contributed by atoms with van der Waals surface area (Å²) in [4.78, 5) is 2.39. The molecule has 0 N–H and O–H groups in total. The molecule has 0 atom stereocenters. The molecule has 0 amide bonds. The molecule has 0 radical (unpaired) electrons. The third-order valence-electron chi connectivity index (χ3n) is 4.01. The summed E-state index contributed by atoms with van der Waals surface area (Å²) in [6.45, 7) is 2.14. The molecular formula is C17H15N. The van der Waals surface area contributed by atoms with Crippen LogP contribution in [0.25, 0.3) is 21.5 Å². The lowest BCUT2D eigenvalue weighted by atomic mass is 9.93. The van der Waals surface area contributed by atoms with Gasteiger partial charge in [0.05, 0.1) is 0 Å². The Balaban J connectivity index is 2.27. The number of hydrogen-bond acceptors (Lipinski definition) is 1. The van der Waals surface area contributed by atoms with Crippen LogP contribution < -0.4 is 0 Å². The van der Waals surface area contributed by atoms with Crippen LogP contribution in [-0.2, 0) is 13.1 Å². The first-order chi connectivity index (χ1) is 8.84. The van der Waals surface area contributed by atoms with E-state index < -0.39 is 0 Å². The number of fused-ring (bicyclic) bond motifs is 6. The molecule has 0 aromatic heterocycles. The Labute approximate surface area is 107 Å². The minimum absolute atomic E-state index is 1.07. The fraction of sp³-hybridized carbons (Fsp3) is 0.176. The van der Waals surface area contributed by atoms with Crippen molar-refractivity contribution in [1.82, 2.24) is 4.90 Å². The van der Waals surface area contributed by atoms with E-state index in [1.165, 1.54) is 32.7 Å². The second-order valence-electron chi connectivity index (χ2n) is 5.22. The topological polar surface area (TPSA) is 3.24 Å². The predicted molar refractivity (Wildman–Crippen MR) is 76.6 cm³/mol. The summed E-state index contributed by atoms with van der Waals surface area (Å²) in [7, 11) is 2.20. The van der Waals surface area contributed by atoms with Gasteiger partial charge in [0.15, 0.2) is 0 Å². The highest BCUT2D eigenvalue weighted by molar-refractivity contribution is 6.10. The normalized spacial score (nSPS) is 15.4. The maximum atomic E-state index is 2.39. The average Bonchev–Trinajstić information content (AvgIpc) is 2.81. The molecule has 0 spiro atoms. The first kappa shape index (κ1) is 10.1. The summed E-state index contributed by atoms with van der Waals surface area (Å²) in [5, 5.41) is 5.63. The Morgan fingerprint density at radius 3 is 1.50 bits per heavy atom. The highest BCUT2D eigenvalue weighted by atomic mass is 15.1. The van der Waals surface area contributed by atoms with Crippen molar-refractivity contribution in [1.29, 1.82) is 0 Å². The van der Waals surface area contributed by atoms with E-state index in [1.54, 1.807) is 0 Å². The van der Waals surface area contributed by atoms with Crippen molar-refractivity contribution in [3.8, 4) is 0 Å². The standard InChI is InChI=1S/C17H15N/c1-18-10-16-14-8-4-2-6-12(14)13-7-3-5-9-15(13)17(16)11-18/h2-9H,10-11H2,1H3. The SMILES string of the molecule is CN1Cc2c(c3ccccc3c3ccccc23)C1. The molecule has 3 aromatic carbocycles. The van der Waals surface area contributed by atoms with Crippen LogP contribution in [0.2, 0.25) is 0 Å². The smallest absolute Gasteiger partial charge is 0.0243 e. The van der Waals surface area contributed by atoms with E-state index >= 15 is 0 Å². The summed E-state index contributed by atoms with van der Waals surface area (Å²) in [5.41, 5.74) is 3.04. The van der Waals surface area contributed by atoms with Crippen LogP contribution in [0.3, 0.4) is 0 Å². The average molecular weight is 233 g/mol. The number of rotatable bonds is 0. The molecule has 18 heavy (non-hydrogen) atoms. The fourth-order valence-electron chi connectivity index (χ4n) is 3.24. The van der Waals surface area contributed by atoms with Crippen LogP contribution >= 0.6 is 0 Å². The Hall–Kier alpha value is -1.86. The maximum Gasteiger partial charge on any atom is 0.0243 e. The molecular weight excluding hydrogens is 218 g/mol. The zero-order valence-corrected chi connectivity index (χ0v) is 10.5. The first-order valence-electron chi connectivity index (χ1n) is 6.44. The minimum Gasteiger partial charge on any atom is -0.298 e. The molecule has 0 unspecified atom stereocenters. The van der Waals surface area contributed by atoms with E-state index in [0.717, 1.165) is 13.1 Å². The summed E-state index contributed by atoms with van der Waals surface area (Å²) in [5.74, 6) is 0. The Kier molecular flexibility index (Phi) is 2.00. The van der Waals surface area contributed by atoms with Crippen molar-refractivity contribution in [2.45, 2.75) is 13.1 Å². The molecule has 3 aromatic rings. The Morgan fingerprint density at radius 2 is 1.06 bits per heavy atom. The van der Waals surface area contributed by atoms with Gasteiger partial charge < -0.3 is 0 Å². The van der Waals surface area contributed by atoms with Gasteiger partial charge in [-0.25, -0.2) is 0 Å². The molecule has 1 aliphatic heterocycles. The number of hydrogen-bond donors (Lipinski definition) is 0. The molecule has 1 aliphatic rings. The van der Waals surface area contributed by atoms with Crippen LogP contribution in [0, 0.1) is 0 Å². The third-order valence-corrected chi connectivity index (χ3v) is 4.01. The van der Waals surface area contributed by atoms with E-state index in [4.69, 9.17) is 0 Å². The van der Waals surface area contributed by atoms with Gasteiger partial charge in [0.2, 0.25) is 0 Å². The highest BCUT2D eigenvalue weighted by Crippen LogP contribution is 2.37. The van der Waals surface area contributed by atoms with E-state index in [1.807, 2.05) is 0 Å². The van der Waals surface area contributed by atoms with Gasteiger partial charge in [0, 0.05) is 13.1 Å². The molecule has 0 aliphatic carbocycles. The van der Waals surface area contributed by atoms with Crippen LogP contribution in [-0.4, -0.2) is 11.9 Å². The quantitative estimate of drug-likeness (QED) is 0.532. The lowest BCUT2D eigenvalue weighted by Gasteiger charge is -2.10. The number of benzene rings is 3. The lowest BCUT2D eigenvalue weighted by molar-refractivity contribution is 0.354. The van der Waals surface area contributed by atoms with Gasteiger partial charge in [-0.05, 0) is 39.7 Å². The van der Waals surface area contributed by atoms with Crippen LogP contribution in [0.15, 0.2) is 48.5 Å². The van der Waals surface area contributed by atoms with Crippen molar-refractivity contribution in [2.75, 3.05) is 7.05 Å². The van der Waals surface area contributed by atoms with E-state index in [0.29, 0.717) is 0 Å². The Morgan fingerprint density at radius 1 is 0.667 bits per heavy atom. The van der Waals surface area contributed by atoms with Gasteiger partial charge in [-0.15, -0.1) is 0 Å². The molecule has 1 nitrogen and oxygen atoms in total. The predicted octanol–water partition coefficient (Wildman–Crippen LogP) is 3.94. The Bertz CT molecular complexity index is 693. The summed E-state index contributed by atoms with van der Waals surface area (Å²) < 4.78 is 0. The number of nitrogens with zero attached hydrogens (tertiary/aromatic N) is 1. The van der Waals surface area contributed by atoms with E-state index in [-0.39, 0.29) is 0 Å². The van der Waals surface area contributed by atoms with Crippen molar-refractivity contribution < 1.29 is 0 Å². The molecule has 0 fully saturated rings. The minimum atomic E-state index is 1.07. The van der Waals surface area contributed by atoms with Gasteiger partial charge in [-0.2, -0.15) is 0 Å². The third kappa shape index (κ3) is 1.25. The van der Waals surface area contributed by atoms with Crippen LogP contribution in [0.1, 0.15) is 11.1 Å². The van der Waals surface area contributed by atoms with Crippen molar-refractivity contribution in [3.63, 3.8) is 0 Å². The van der Waals surface area contributed by atoms with Crippen molar-refractivity contribution >= 4 is 21.5 Å². The lowest BCUT2D eigenvalue weighted by Crippen LogP contribution is -2.07. The van der Waals surface area contributed by atoms with Crippen LogP contribution in [0.4, 0.5) is 0 Å². The zero-order valence-electron chi connectivity index (χ0n) is 10.5. The molecule has 0 bridgehead atoms.